The molecule has 8 heteroatoms. The first-order chi connectivity index (χ1) is 9.89. The Hall–Kier alpha value is -0.240. The third kappa shape index (κ3) is 3.41. The van der Waals surface area contributed by atoms with E-state index in [1.165, 1.54) is 0 Å². The van der Waals surface area contributed by atoms with E-state index in [1.807, 2.05) is 13.8 Å². The Kier molecular flexibility index (Phi) is 5.62. The molecule has 1 aromatic heterocycles. The van der Waals surface area contributed by atoms with Crippen molar-refractivity contribution in [2.45, 2.75) is 44.7 Å². The van der Waals surface area contributed by atoms with Gasteiger partial charge in [0.25, 0.3) is 0 Å². The van der Waals surface area contributed by atoms with Crippen molar-refractivity contribution in [1.29, 1.82) is 0 Å². The number of aromatic nitrogens is 2. The van der Waals surface area contributed by atoms with Gasteiger partial charge >= 0.3 is 0 Å². The third-order valence-corrected chi connectivity index (χ3v) is 7.42. The highest BCUT2D eigenvalue weighted by molar-refractivity contribution is 7.99. The van der Waals surface area contributed by atoms with Gasteiger partial charge in [-0.2, -0.15) is 21.2 Å². The number of halogens is 1. The van der Waals surface area contributed by atoms with Gasteiger partial charge in [0.1, 0.15) is 4.90 Å². The van der Waals surface area contributed by atoms with E-state index in [1.54, 1.807) is 27.7 Å². The summed E-state index contributed by atoms with van der Waals surface area (Å²) in [7, 11) is -3.47. The van der Waals surface area contributed by atoms with Crippen LogP contribution in [0.3, 0.4) is 0 Å². The summed E-state index contributed by atoms with van der Waals surface area (Å²) >= 11 is 7.51. The number of nitrogens with zero attached hydrogens (tertiary/aromatic N) is 3. The molecule has 1 aromatic rings. The van der Waals surface area contributed by atoms with E-state index in [9.17, 15) is 8.42 Å². The van der Waals surface area contributed by atoms with Gasteiger partial charge in [-0.3, -0.25) is 4.68 Å². The number of thioether (sulfide) groups is 1. The van der Waals surface area contributed by atoms with E-state index < -0.39 is 10.0 Å². The van der Waals surface area contributed by atoms with Crippen molar-refractivity contribution in [3.8, 4) is 0 Å². The molecule has 1 atom stereocenters. The van der Waals surface area contributed by atoms with Gasteiger partial charge in [-0.15, -0.1) is 11.6 Å². The Morgan fingerprint density at radius 3 is 2.76 bits per heavy atom. The molecule has 2 rings (SSSR count). The standard InChI is InChI=1S/C13H22ClN3O2S2/c1-10-9-20-8-7-17(10)21(18,19)13-11(2)15-16(12(13)3)6-4-5-14/h10H,4-9H2,1-3H3. The van der Waals surface area contributed by atoms with E-state index in [-0.39, 0.29) is 6.04 Å². The first-order valence-corrected chi connectivity index (χ1v) is 10.2. The lowest BCUT2D eigenvalue weighted by Crippen LogP contribution is -2.44. The molecule has 1 fully saturated rings. The van der Waals surface area contributed by atoms with E-state index in [0.29, 0.717) is 35.3 Å². The molecule has 1 aliphatic heterocycles. The highest BCUT2D eigenvalue weighted by Crippen LogP contribution is 2.28. The second-order valence-electron chi connectivity index (χ2n) is 5.31. The normalized spacial score (nSPS) is 20.9. The summed E-state index contributed by atoms with van der Waals surface area (Å²) < 4.78 is 29.3. The Balaban J connectivity index is 2.38. The van der Waals surface area contributed by atoms with Crippen LogP contribution >= 0.6 is 23.4 Å². The fourth-order valence-electron chi connectivity index (χ4n) is 2.67. The maximum Gasteiger partial charge on any atom is 0.247 e. The summed E-state index contributed by atoms with van der Waals surface area (Å²) in [5.74, 6) is 2.24. The molecular weight excluding hydrogens is 330 g/mol. The molecule has 21 heavy (non-hydrogen) atoms. The largest absolute Gasteiger partial charge is 0.268 e. The van der Waals surface area contributed by atoms with E-state index in [2.05, 4.69) is 5.10 Å². The summed E-state index contributed by atoms with van der Waals surface area (Å²) in [6.45, 7) is 6.77. The van der Waals surface area contributed by atoms with Crippen LogP contribution in [0.1, 0.15) is 24.7 Å². The maximum atomic E-state index is 13.0. The van der Waals surface area contributed by atoms with Crippen LogP contribution in [0.15, 0.2) is 4.90 Å². The molecule has 2 heterocycles. The second kappa shape index (κ2) is 6.89. The van der Waals surface area contributed by atoms with Gasteiger partial charge in [0, 0.05) is 36.5 Å². The summed E-state index contributed by atoms with van der Waals surface area (Å²) in [5, 5.41) is 4.38. The molecule has 0 radical (unpaired) electrons. The van der Waals surface area contributed by atoms with Crippen LogP contribution in [-0.4, -0.2) is 52.5 Å². The average molecular weight is 352 g/mol. The quantitative estimate of drug-likeness (QED) is 0.763. The van der Waals surface area contributed by atoms with Crippen molar-refractivity contribution in [3.05, 3.63) is 11.4 Å². The number of rotatable bonds is 5. The minimum Gasteiger partial charge on any atom is -0.268 e. The van der Waals surface area contributed by atoms with E-state index in [0.717, 1.165) is 17.9 Å². The molecule has 0 spiro atoms. The molecule has 120 valence electrons. The van der Waals surface area contributed by atoms with Gasteiger partial charge < -0.3 is 0 Å². The van der Waals surface area contributed by atoms with Crippen LogP contribution in [0.2, 0.25) is 0 Å². The summed E-state index contributed by atoms with van der Waals surface area (Å²) in [6, 6.07) is 0.0266. The zero-order valence-electron chi connectivity index (χ0n) is 12.7. The van der Waals surface area contributed by atoms with Crippen LogP contribution in [0.25, 0.3) is 0 Å². The number of aryl methyl sites for hydroxylation is 2. The predicted octanol–water partition coefficient (Wildman–Crippen LogP) is 2.25. The summed E-state index contributed by atoms with van der Waals surface area (Å²) in [5.41, 5.74) is 1.29. The van der Waals surface area contributed by atoms with Gasteiger partial charge in [0.05, 0.1) is 11.4 Å². The molecule has 0 bridgehead atoms. The van der Waals surface area contributed by atoms with Crippen molar-refractivity contribution in [2.24, 2.45) is 0 Å². The second-order valence-corrected chi connectivity index (χ2v) is 8.66. The lowest BCUT2D eigenvalue weighted by Gasteiger charge is -2.32. The van der Waals surface area contributed by atoms with Crippen molar-refractivity contribution >= 4 is 33.4 Å². The number of sulfonamides is 1. The average Bonchev–Trinajstić information content (AvgIpc) is 2.71. The van der Waals surface area contributed by atoms with E-state index in [4.69, 9.17) is 11.6 Å². The van der Waals surface area contributed by atoms with Crippen molar-refractivity contribution in [3.63, 3.8) is 0 Å². The SMILES string of the molecule is Cc1nn(CCCCl)c(C)c1S(=O)(=O)N1CCSCC1C. The molecule has 1 aliphatic rings. The number of alkyl halides is 1. The predicted molar refractivity (Wildman–Crippen MR) is 87.7 cm³/mol. The molecule has 0 N–H and O–H groups in total. The highest BCUT2D eigenvalue weighted by Gasteiger charge is 2.35. The zero-order chi connectivity index (χ0) is 15.6. The molecule has 0 aromatic carbocycles. The van der Waals surface area contributed by atoms with Gasteiger partial charge in [-0.25, -0.2) is 8.42 Å². The topological polar surface area (TPSA) is 55.2 Å². The Bertz CT molecular complexity index is 601. The zero-order valence-corrected chi connectivity index (χ0v) is 15.1. The van der Waals surface area contributed by atoms with Crippen LogP contribution in [0.5, 0.6) is 0 Å². The highest BCUT2D eigenvalue weighted by atomic mass is 35.5. The Morgan fingerprint density at radius 2 is 2.14 bits per heavy atom. The molecule has 0 amide bonds. The number of hydrogen-bond acceptors (Lipinski definition) is 4. The van der Waals surface area contributed by atoms with Crippen molar-refractivity contribution in [2.75, 3.05) is 23.9 Å². The summed E-state index contributed by atoms with van der Waals surface area (Å²) in [4.78, 5) is 0.371. The van der Waals surface area contributed by atoms with Crippen LogP contribution in [0.4, 0.5) is 0 Å². The lowest BCUT2D eigenvalue weighted by molar-refractivity contribution is 0.367. The lowest BCUT2D eigenvalue weighted by atomic mass is 10.4. The van der Waals surface area contributed by atoms with Gasteiger partial charge in [-0.05, 0) is 27.2 Å². The minimum absolute atomic E-state index is 0.0266. The summed E-state index contributed by atoms with van der Waals surface area (Å²) in [6.07, 6.45) is 0.778. The maximum absolute atomic E-state index is 13.0. The van der Waals surface area contributed by atoms with Crippen molar-refractivity contribution < 1.29 is 8.42 Å². The number of hydrogen-bond donors (Lipinski definition) is 0. The van der Waals surface area contributed by atoms with Crippen LogP contribution in [0, 0.1) is 13.8 Å². The minimum atomic E-state index is -3.47. The molecule has 0 saturated carbocycles. The van der Waals surface area contributed by atoms with Crippen molar-refractivity contribution in [1.82, 2.24) is 14.1 Å². The molecule has 0 aliphatic carbocycles. The molecule has 5 nitrogen and oxygen atoms in total. The fourth-order valence-corrected chi connectivity index (χ4v) is 6.02. The monoisotopic (exact) mass is 351 g/mol. The fraction of sp³-hybridized carbons (Fsp3) is 0.769. The van der Waals surface area contributed by atoms with Crippen LogP contribution in [-0.2, 0) is 16.6 Å². The van der Waals surface area contributed by atoms with Crippen LogP contribution < -0.4 is 0 Å². The van der Waals surface area contributed by atoms with E-state index >= 15 is 0 Å². The van der Waals surface area contributed by atoms with Gasteiger partial charge in [0.15, 0.2) is 0 Å². The first kappa shape index (κ1) is 17.1. The first-order valence-electron chi connectivity index (χ1n) is 7.09. The van der Waals surface area contributed by atoms with Gasteiger partial charge in [-0.1, -0.05) is 0 Å². The molecule has 1 saturated heterocycles. The Labute approximate surface area is 136 Å². The third-order valence-electron chi connectivity index (χ3n) is 3.69. The molecular formula is C13H22ClN3O2S2. The Morgan fingerprint density at radius 1 is 1.43 bits per heavy atom. The van der Waals surface area contributed by atoms with Gasteiger partial charge in [0.2, 0.25) is 10.0 Å². The molecule has 1 unspecified atom stereocenters. The smallest absolute Gasteiger partial charge is 0.247 e.